The molecule has 4 rings (SSSR count). The Balaban J connectivity index is 1.92. The monoisotopic (exact) mass is 464 g/mol. The largest absolute Gasteiger partial charge is 0.478 e. The molecule has 7 nitrogen and oxygen atoms in total. The van der Waals surface area contributed by atoms with E-state index in [-0.39, 0.29) is 21.9 Å². The van der Waals surface area contributed by atoms with Gasteiger partial charge in [0.15, 0.2) is 5.58 Å². The van der Waals surface area contributed by atoms with Gasteiger partial charge in [-0.15, -0.1) is 0 Å². The van der Waals surface area contributed by atoms with E-state index < -0.39 is 16.0 Å². The zero-order valence-electron chi connectivity index (χ0n) is 18.7. The van der Waals surface area contributed by atoms with Crippen LogP contribution in [-0.4, -0.2) is 24.5 Å². The van der Waals surface area contributed by atoms with E-state index in [1.807, 2.05) is 12.1 Å². The van der Waals surface area contributed by atoms with Gasteiger partial charge >= 0.3 is 12.0 Å². The molecule has 0 atom stereocenters. The zero-order valence-corrected chi connectivity index (χ0v) is 19.6. The first-order chi connectivity index (χ1) is 15.5. The van der Waals surface area contributed by atoms with Crippen molar-refractivity contribution < 1.29 is 22.7 Å². The fraction of sp³-hybridized carbons (Fsp3) is 0.200. The van der Waals surface area contributed by atoms with Crippen LogP contribution in [0.4, 0.5) is 11.7 Å². The number of rotatable bonds is 5. The van der Waals surface area contributed by atoms with Gasteiger partial charge in [0.2, 0.25) is 0 Å². The summed E-state index contributed by atoms with van der Waals surface area (Å²) < 4.78 is 34.4. The molecular formula is C25H24N2O5S. The van der Waals surface area contributed by atoms with E-state index in [9.17, 15) is 18.3 Å². The summed E-state index contributed by atoms with van der Waals surface area (Å²) in [4.78, 5) is 15.9. The second-order valence-corrected chi connectivity index (χ2v) is 10.6. The van der Waals surface area contributed by atoms with E-state index in [0.717, 1.165) is 15.9 Å². The van der Waals surface area contributed by atoms with Crippen LogP contribution < -0.4 is 4.31 Å². The number of sulfonamides is 1. The molecule has 0 aliphatic rings. The molecule has 1 aromatic heterocycles. The number of hydrogen-bond donors (Lipinski definition) is 1. The number of para-hydroxylation sites is 1. The lowest BCUT2D eigenvalue weighted by molar-refractivity contribution is 0.0696. The van der Waals surface area contributed by atoms with Crippen LogP contribution in [0.1, 0.15) is 42.3 Å². The Kier molecular flexibility index (Phi) is 5.49. The Hall–Kier alpha value is -3.65. The number of oxazole rings is 1. The second kappa shape index (κ2) is 8.04. The lowest BCUT2D eigenvalue weighted by Crippen LogP contribution is -2.27. The van der Waals surface area contributed by atoms with Gasteiger partial charge in [-0.05, 0) is 59.9 Å². The maximum absolute atomic E-state index is 13.8. The molecule has 0 unspecified atom stereocenters. The SMILES string of the molecule is Cc1ccc(S(=O)(=O)N(c2ccccc2)c2nc3cc(C(C)(C)C)ccc3o2)cc1C(=O)O. The van der Waals surface area contributed by atoms with Crippen molar-refractivity contribution in [1.29, 1.82) is 0 Å². The third-order valence-corrected chi connectivity index (χ3v) is 7.08. The summed E-state index contributed by atoms with van der Waals surface area (Å²) in [6.07, 6.45) is 0. The second-order valence-electron chi connectivity index (χ2n) is 8.82. The molecule has 0 saturated carbocycles. The molecule has 1 N–H and O–H groups in total. The number of carbonyl (C=O) groups is 1. The first-order valence-corrected chi connectivity index (χ1v) is 11.8. The Morgan fingerprint density at radius 1 is 1.00 bits per heavy atom. The summed E-state index contributed by atoms with van der Waals surface area (Å²) in [5.74, 6) is -1.20. The van der Waals surface area contributed by atoms with Crippen molar-refractivity contribution in [2.75, 3.05) is 4.31 Å². The van der Waals surface area contributed by atoms with Gasteiger partial charge in [0, 0.05) is 0 Å². The number of hydrogen-bond acceptors (Lipinski definition) is 5. The molecule has 0 radical (unpaired) electrons. The number of carboxylic acids is 1. The van der Waals surface area contributed by atoms with Crippen molar-refractivity contribution in [3.05, 3.63) is 83.4 Å². The van der Waals surface area contributed by atoms with Crippen LogP contribution in [0.5, 0.6) is 0 Å². The maximum Gasteiger partial charge on any atom is 0.335 e. The topological polar surface area (TPSA) is 101 Å². The molecule has 170 valence electrons. The lowest BCUT2D eigenvalue weighted by atomic mass is 9.87. The minimum absolute atomic E-state index is 0.0866. The molecule has 33 heavy (non-hydrogen) atoms. The number of nitrogens with zero attached hydrogens (tertiary/aromatic N) is 2. The molecule has 8 heteroatoms. The van der Waals surface area contributed by atoms with E-state index in [1.54, 1.807) is 43.3 Å². The Labute approximate surface area is 192 Å². The minimum atomic E-state index is -4.25. The number of aryl methyl sites for hydroxylation is 1. The van der Waals surface area contributed by atoms with Crippen LogP contribution in [0.3, 0.4) is 0 Å². The van der Waals surface area contributed by atoms with Crippen molar-refractivity contribution in [1.82, 2.24) is 4.98 Å². The number of benzene rings is 3. The highest BCUT2D eigenvalue weighted by Gasteiger charge is 2.32. The first kappa shape index (κ1) is 22.5. The molecular weight excluding hydrogens is 440 g/mol. The predicted octanol–water partition coefficient (Wildman–Crippen LogP) is 5.66. The summed E-state index contributed by atoms with van der Waals surface area (Å²) in [5.41, 5.74) is 2.59. The van der Waals surface area contributed by atoms with Crippen LogP contribution >= 0.6 is 0 Å². The normalized spacial score (nSPS) is 12.1. The van der Waals surface area contributed by atoms with Crippen LogP contribution in [0, 0.1) is 6.92 Å². The summed E-state index contributed by atoms with van der Waals surface area (Å²) in [7, 11) is -4.25. The number of carboxylic acid groups (broad SMARTS) is 1. The van der Waals surface area contributed by atoms with Crippen molar-refractivity contribution in [3.8, 4) is 0 Å². The van der Waals surface area contributed by atoms with Gasteiger partial charge in [0.1, 0.15) is 5.52 Å². The molecule has 0 aliphatic carbocycles. The van der Waals surface area contributed by atoms with Crippen LogP contribution in [0.25, 0.3) is 11.1 Å². The number of aromatic carboxylic acids is 1. The van der Waals surface area contributed by atoms with E-state index in [0.29, 0.717) is 22.4 Å². The zero-order chi connectivity index (χ0) is 24.0. The molecule has 1 heterocycles. The molecule has 0 fully saturated rings. The van der Waals surface area contributed by atoms with Crippen molar-refractivity contribution in [2.24, 2.45) is 0 Å². The molecule has 0 saturated heterocycles. The molecule has 3 aromatic carbocycles. The Bertz CT molecular complexity index is 1450. The number of fused-ring (bicyclic) bond motifs is 1. The Morgan fingerprint density at radius 3 is 2.33 bits per heavy atom. The van der Waals surface area contributed by atoms with Gasteiger partial charge in [-0.1, -0.05) is 51.1 Å². The molecule has 0 bridgehead atoms. The van der Waals surface area contributed by atoms with Crippen LogP contribution in [0.15, 0.2) is 76.0 Å². The fourth-order valence-electron chi connectivity index (χ4n) is 3.48. The highest BCUT2D eigenvalue weighted by molar-refractivity contribution is 7.93. The smallest absolute Gasteiger partial charge is 0.335 e. The molecule has 0 spiro atoms. The Morgan fingerprint density at radius 2 is 1.70 bits per heavy atom. The predicted molar refractivity (Wildman–Crippen MR) is 127 cm³/mol. The standard InChI is InChI=1S/C25H24N2O5S/c1-16-10-12-19(15-20(16)23(28)29)33(30,31)27(18-8-6-5-7-9-18)24-26-21-14-17(25(2,3)4)11-13-22(21)32-24/h5-15H,1-4H3,(H,28,29). The highest BCUT2D eigenvalue weighted by Crippen LogP contribution is 2.35. The fourth-order valence-corrected chi connectivity index (χ4v) is 4.88. The summed E-state index contributed by atoms with van der Waals surface area (Å²) in [6, 6.07) is 17.9. The maximum atomic E-state index is 13.8. The van der Waals surface area contributed by atoms with Gasteiger partial charge in [-0.3, -0.25) is 0 Å². The average molecular weight is 465 g/mol. The van der Waals surface area contributed by atoms with E-state index in [2.05, 4.69) is 25.8 Å². The van der Waals surface area contributed by atoms with Gasteiger partial charge in [0.05, 0.1) is 16.1 Å². The van der Waals surface area contributed by atoms with E-state index in [4.69, 9.17) is 4.42 Å². The van der Waals surface area contributed by atoms with Crippen LogP contribution in [-0.2, 0) is 15.4 Å². The van der Waals surface area contributed by atoms with Gasteiger partial charge < -0.3 is 9.52 Å². The van der Waals surface area contributed by atoms with Crippen LogP contribution in [0.2, 0.25) is 0 Å². The summed E-state index contributed by atoms with van der Waals surface area (Å²) >= 11 is 0. The van der Waals surface area contributed by atoms with E-state index in [1.165, 1.54) is 12.1 Å². The molecule has 0 aliphatic heterocycles. The molecule has 0 amide bonds. The van der Waals surface area contributed by atoms with Gasteiger partial charge in [0.25, 0.3) is 10.0 Å². The summed E-state index contributed by atoms with van der Waals surface area (Å²) in [6.45, 7) is 7.84. The number of aromatic nitrogens is 1. The lowest BCUT2D eigenvalue weighted by Gasteiger charge is -2.21. The van der Waals surface area contributed by atoms with E-state index >= 15 is 0 Å². The average Bonchev–Trinajstić information content (AvgIpc) is 3.16. The quantitative estimate of drug-likeness (QED) is 0.409. The molecule has 4 aromatic rings. The van der Waals surface area contributed by atoms with Crippen molar-refractivity contribution in [3.63, 3.8) is 0 Å². The minimum Gasteiger partial charge on any atom is -0.478 e. The highest BCUT2D eigenvalue weighted by atomic mass is 32.2. The number of anilines is 2. The third kappa shape index (κ3) is 4.21. The van der Waals surface area contributed by atoms with Crippen molar-refractivity contribution in [2.45, 2.75) is 38.0 Å². The van der Waals surface area contributed by atoms with Crippen molar-refractivity contribution >= 4 is 38.8 Å². The van der Waals surface area contributed by atoms with Gasteiger partial charge in [-0.25, -0.2) is 13.2 Å². The first-order valence-electron chi connectivity index (χ1n) is 10.3. The summed E-state index contributed by atoms with van der Waals surface area (Å²) in [5, 5.41) is 9.48. The van der Waals surface area contributed by atoms with Gasteiger partial charge in [-0.2, -0.15) is 9.29 Å². The third-order valence-electron chi connectivity index (χ3n) is 5.38.